The van der Waals surface area contributed by atoms with Gasteiger partial charge in [0.15, 0.2) is 0 Å². The van der Waals surface area contributed by atoms with Gasteiger partial charge >= 0.3 is 0 Å². The molecule has 0 rings (SSSR count). The summed E-state index contributed by atoms with van der Waals surface area (Å²) in [5.74, 6) is 0. The zero-order valence-corrected chi connectivity index (χ0v) is 10.5. The van der Waals surface area contributed by atoms with Crippen LogP contribution in [0.5, 0.6) is 0 Å². The van der Waals surface area contributed by atoms with Crippen LogP contribution in [0.4, 0.5) is 0 Å². The standard InChI is InChI=1S/C9H21NO2S/c1-8(2,3)10(9(4,5)6)13(7,11)12/h1-7H3. The molecule has 0 bridgehead atoms. The van der Waals surface area contributed by atoms with Gasteiger partial charge in [-0.2, -0.15) is 4.31 Å². The fraction of sp³-hybridized carbons (Fsp3) is 1.00. The summed E-state index contributed by atoms with van der Waals surface area (Å²) in [6.45, 7) is 11.4. The van der Waals surface area contributed by atoms with E-state index < -0.39 is 10.0 Å². The van der Waals surface area contributed by atoms with Crippen molar-refractivity contribution >= 4 is 10.0 Å². The van der Waals surface area contributed by atoms with Gasteiger partial charge in [0.2, 0.25) is 10.0 Å². The highest BCUT2D eigenvalue weighted by Gasteiger charge is 2.38. The Morgan fingerprint density at radius 3 is 1.08 bits per heavy atom. The maximum Gasteiger partial charge on any atom is 0.212 e. The Balaban J connectivity index is 5.28. The van der Waals surface area contributed by atoms with Gasteiger partial charge < -0.3 is 0 Å². The van der Waals surface area contributed by atoms with Crippen molar-refractivity contribution in [3.8, 4) is 0 Å². The first-order valence-electron chi connectivity index (χ1n) is 4.37. The van der Waals surface area contributed by atoms with Crippen molar-refractivity contribution in [2.45, 2.75) is 52.6 Å². The molecule has 0 N–H and O–H groups in total. The van der Waals surface area contributed by atoms with Gasteiger partial charge in [0, 0.05) is 11.1 Å². The molecule has 0 aliphatic rings. The third-order valence-corrected chi connectivity index (χ3v) is 3.31. The van der Waals surface area contributed by atoms with Crippen LogP contribution in [0.3, 0.4) is 0 Å². The molecule has 3 nitrogen and oxygen atoms in total. The van der Waals surface area contributed by atoms with Crippen LogP contribution >= 0.6 is 0 Å². The fourth-order valence-corrected chi connectivity index (χ4v) is 3.99. The van der Waals surface area contributed by atoms with Crippen molar-refractivity contribution in [3.05, 3.63) is 0 Å². The van der Waals surface area contributed by atoms with E-state index in [1.54, 1.807) is 0 Å². The third kappa shape index (κ3) is 3.65. The van der Waals surface area contributed by atoms with Crippen LogP contribution in [0.2, 0.25) is 0 Å². The molecule has 0 spiro atoms. The average molecular weight is 207 g/mol. The summed E-state index contributed by atoms with van der Waals surface area (Å²) in [7, 11) is -3.15. The Kier molecular flexibility index (Phi) is 3.22. The average Bonchev–Trinajstić information content (AvgIpc) is 1.44. The van der Waals surface area contributed by atoms with Gasteiger partial charge in [-0.25, -0.2) is 8.42 Å². The normalized spacial score (nSPS) is 15.1. The molecule has 0 aromatic rings. The molecular weight excluding hydrogens is 186 g/mol. The molecule has 13 heavy (non-hydrogen) atoms. The van der Waals surface area contributed by atoms with E-state index in [4.69, 9.17) is 0 Å². The first-order chi connectivity index (χ1) is 5.37. The van der Waals surface area contributed by atoms with Gasteiger partial charge in [0.05, 0.1) is 6.26 Å². The van der Waals surface area contributed by atoms with Crippen LogP contribution in [0, 0.1) is 0 Å². The summed E-state index contributed by atoms with van der Waals surface area (Å²) in [5.41, 5.74) is -0.738. The van der Waals surface area contributed by atoms with Gasteiger partial charge in [-0.1, -0.05) is 0 Å². The summed E-state index contributed by atoms with van der Waals surface area (Å²) >= 11 is 0. The second kappa shape index (κ2) is 3.24. The van der Waals surface area contributed by atoms with Crippen LogP contribution in [-0.4, -0.2) is 30.1 Å². The summed E-state index contributed by atoms with van der Waals surface area (Å²) in [6, 6.07) is 0. The summed E-state index contributed by atoms with van der Waals surface area (Å²) in [6.07, 6.45) is 1.25. The van der Waals surface area contributed by atoms with Gasteiger partial charge in [-0.3, -0.25) is 0 Å². The maximum absolute atomic E-state index is 11.6. The zero-order valence-electron chi connectivity index (χ0n) is 9.67. The quantitative estimate of drug-likeness (QED) is 0.658. The van der Waals surface area contributed by atoms with Crippen LogP contribution in [0.25, 0.3) is 0 Å². The second-order valence-corrected chi connectivity index (χ2v) is 7.20. The smallest absolute Gasteiger partial charge is 0.212 e. The molecule has 0 radical (unpaired) electrons. The molecule has 0 saturated carbocycles. The van der Waals surface area contributed by atoms with Gasteiger partial charge in [-0.05, 0) is 41.5 Å². The van der Waals surface area contributed by atoms with E-state index in [0.717, 1.165) is 0 Å². The number of sulfonamides is 1. The van der Waals surface area contributed by atoms with E-state index in [-0.39, 0.29) is 11.1 Å². The summed E-state index contributed by atoms with van der Waals surface area (Å²) in [5, 5.41) is 0. The minimum Gasteiger partial charge on any atom is -0.212 e. The van der Waals surface area contributed by atoms with Crippen molar-refractivity contribution in [2.75, 3.05) is 6.26 Å². The molecule has 0 aliphatic heterocycles. The fourth-order valence-electron chi connectivity index (χ4n) is 2.00. The van der Waals surface area contributed by atoms with Crippen molar-refractivity contribution in [1.82, 2.24) is 4.31 Å². The molecule has 0 amide bonds. The van der Waals surface area contributed by atoms with E-state index in [2.05, 4.69) is 0 Å². The lowest BCUT2D eigenvalue weighted by Gasteiger charge is -2.42. The molecule has 0 aliphatic carbocycles. The highest BCUT2D eigenvalue weighted by molar-refractivity contribution is 7.88. The van der Waals surface area contributed by atoms with Gasteiger partial charge in [0.25, 0.3) is 0 Å². The Morgan fingerprint density at radius 2 is 1.08 bits per heavy atom. The lowest BCUT2D eigenvalue weighted by Crippen LogP contribution is -2.55. The zero-order chi connectivity index (χ0) is 11.1. The molecule has 80 valence electrons. The first kappa shape index (κ1) is 12.9. The third-order valence-electron chi connectivity index (χ3n) is 1.55. The molecular formula is C9H21NO2S. The van der Waals surface area contributed by atoms with E-state index in [9.17, 15) is 8.42 Å². The van der Waals surface area contributed by atoms with Crippen LogP contribution in [-0.2, 0) is 10.0 Å². The molecule has 4 heteroatoms. The minimum absolute atomic E-state index is 0.369. The number of hydrogen-bond donors (Lipinski definition) is 0. The van der Waals surface area contributed by atoms with Crippen molar-refractivity contribution in [2.24, 2.45) is 0 Å². The van der Waals surface area contributed by atoms with Gasteiger partial charge in [0.1, 0.15) is 0 Å². The Hall–Kier alpha value is -0.0900. The molecule has 0 fully saturated rings. The van der Waals surface area contributed by atoms with Crippen LogP contribution in [0.1, 0.15) is 41.5 Å². The molecule has 0 heterocycles. The SMILES string of the molecule is CC(C)(C)N(C(C)(C)C)S(C)(=O)=O. The molecule has 0 unspecified atom stereocenters. The number of nitrogens with zero attached hydrogens (tertiary/aromatic N) is 1. The van der Waals surface area contributed by atoms with Crippen LogP contribution < -0.4 is 0 Å². The van der Waals surface area contributed by atoms with E-state index in [1.165, 1.54) is 10.6 Å². The Bertz CT molecular complexity index is 253. The lowest BCUT2D eigenvalue weighted by molar-refractivity contribution is 0.141. The Morgan fingerprint density at radius 1 is 0.846 bits per heavy atom. The number of hydrogen-bond acceptors (Lipinski definition) is 2. The molecule has 0 saturated heterocycles. The minimum atomic E-state index is -3.15. The molecule has 0 aromatic carbocycles. The van der Waals surface area contributed by atoms with Gasteiger partial charge in [-0.15, -0.1) is 0 Å². The topological polar surface area (TPSA) is 37.4 Å². The monoisotopic (exact) mass is 207 g/mol. The van der Waals surface area contributed by atoms with E-state index >= 15 is 0 Å². The maximum atomic E-state index is 11.6. The van der Waals surface area contributed by atoms with Crippen molar-refractivity contribution in [3.63, 3.8) is 0 Å². The van der Waals surface area contributed by atoms with Crippen LogP contribution in [0.15, 0.2) is 0 Å². The van der Waals surface area contributed by atoms with E-state index in [1.807, 2.05) is 41.5 Å². The van der Waals surface area contributed by atoms with E-state index in [0.29, 0.717) is 0 Å². The van der Waals surface area contributed by atoms with Crippen molar-refractivity contribution in [1.29, 1.82) is 0 Å². The molecule has 0 atom stereocenters. The van der Waals surface area contributed by atoms with Crippen molar-refractivity contribution < 1.29 is 8.42 Å². The highest BCUT2D eigenvalue weighted by atomic mass is 32.2. The predicted molar refractivity (Wildman–Crippen MR) is 56.2 cm³/mol. The summed E-state index contributed by atoms with van der Waals surface area (Å²) < 4.78 is 24.6. The Labute approximate surface area is 82.2 Å². The predicted octanol–water partition coefficient (Wildman–Crippen LogP) is 1.85. The molecule has 0 aromatic heterocycles. The largest absolute Gasteiger partial charge is 0.212 e. The first-order valence-corrected chi connectivity index (χ1v) is 6.22. The number of rotatable bonds is 1. The summed E-state index contributed by atoms with van der Waals surface area (Å²) in [4.78, 5) is 0. The second-order valence-electron chi connectivity index (χ2n) is 5.37. The lowest BCUT2D eigenvalue weighted by atomic mass is 10.0. The highest BCUT2D eigenvalue weighted by Crippen LogP contribution is 2.27.